The van der Waals surface area contributed by atoms with E-state index in [9.17, 15) is 9.59 Å². The van der Waals surface area contributed by atoms with Gasteiger partial charge in [0, 0.05) is 6.42 Å². The fraction of sp³-hybridized carbons (Fsp3) is 0.263. The zero-order valence-electron chi connectivity index (χ0n) is 14.5. The second-order valence-corrected chi connectivity index (χ2v) is 6.43. The van der Waals surface area contributed by atoms with E-state index in [0.29, 0.717) is 18.1 Å². The summed E-state index contributed by atoms with van der Waals surface area (Å²) in [5.74, 6) is 0.457. The maximum Gasteiger partial charge on any atom is 0.325 e. The van der Waals surface area contributed by atoms with Gasteiger partial charge in [-0.3, -0.25) is 9.69 Å². The van der Waals surface area contributed by atoms with Crippen LogP contribution in [0.15, 0.2) is 47.0 Å². The van der Waals surface area contributed by atoms with E-state index in [1.807, 2.05) is 49.4 Å². The highest BCUT2D eigenvalue weighted by Gasteiger charge is 2.49. The average Bonchev–Trinajstić information content (AvgIpc) is 3.20. The summed E-state index contributed by atoms with van der Waals surface area (Å²) in [5, 5.41) is 8.60. The van der Waals surface area contributed by atoms with Crippen molar-refractivity contribution in [3.05, 3.63) is 59.7 Å². The highest BCUT2D eigenvalue weighted by molar-refractivity contribution is 6.09. The third-order valence-electron chi connectivity index (χ3n) is 4.72. The summed E-state index contributed by atoms with van der Waals surface area (Å²) in [5.41, 5.74) is -0.381. The number of aromatic nitrogens is 2. The lowest BCUT2D eigenvalue weighted by molar-refractivity contribution is -0.131. The number of aryl methyl sites for hydroxylation is 1. The summed E-state index contributed by atoms with van der Waals surface area (Å²) in [6, 6.07) is 13.1. The molecule has 132 valence electrons. The standard InChI is InChI=1S/C19H18N4O3/c1-3-16-20-15(22-26-16)11-23-17(24)19(2,21-18(23)25)14-10-6-8-12-7-4-5-9-13(12)14/h4-10H,3,11H2,1-2H3,(H,21,25)/t19-/m0/s1. The number of fused-ring (bicyclic) bond motifs is 1. The Balaban J connectivity index is 1.71. The number of imide groups is 1. The molecule has 0 spiro atoms. The van der Waals surface area contributed by atoms with E-state index in [2.05, 4.69) is 15.5 Å². The number of hydrogen-bond donors (Lipinski definition) is 1. The Morgan fingerprint density at radius 1 is 1.15 bits per heavy atom. The summed E-state index contributed by atoms with van der Waals surface area (Å²) in [4.78, 5) is 30.9. The number of benzene rings is 2. The van der Waals surface area contributed by atoms with Crippen LogP contribution in [-0.2, 0) is 23.3 Å². The zero-order valence-corrected chi connectivity index (χ0v) is 14.5. The lowest BCUT2D eigenvalue weighted by Crippen LogP contribution is -2.41. The molecule has 1 aliphatic rings. The molecule has 1 aliphatic heterocycles. The summed E-state index contributed by atoms with van der Waals surface area (Å²) in [6.07, 6.45) is 0.598. The molecule has 1 fully saturated rings. The number of amides is 3. The molecular formula is C19H18N4O3. The van der Waals surface area contributed by atoms with Crippen molar-refractivity contribution in [1.82, 2.24) is 20.4 Å². The van der Waals surface area contributed by atoms with Crippen LogP contribution in [0.3, 0.4) is 0 Å². The van der Waals surface area contributed by atoms with Gasteiger partial charge < -0.3 is 9.84 Å². The number of carbonyl (C=O) groups is 2. The summed E-state index contributed by atoms with van der Waals surface area (Å²) in [7, 11) is 0. The van der Waals surface area contributed by atoms with E-state index in [1.54, 1.807) is 6.92 Å². The van der Waals surface area contributed by atoms with Gasteiger partial charge >= 0.3 is 6.03 Å². The first kappa shape index (κ1) is 16.3. The van der Waals surface area contributed by atoms with Crippen LogP contribution in [0.4, 0.5) is 4.79 Å². The van der Waals surface area contributed by atoms with Crippen LogP contribution in [0.2, 0.25) is 0 Å². The monoisotopic (exact) mass is 350 g/mol. The van der Waals surface area contributed by atoms with Crippen LogP contribution >= 0.6 is 0 Å². The number of urea groups is 1. The molecule has 3 aromatic rings. The molecule has 3 amide bonds. The Morgan fingerprint density at radius 2 is 1.92 bits per heavy atom. The predicted molar refractivity (Wildman–Crippen MR) is 94.1 cm³/mol. The van der Waals surface area contributed by atoms with Crippen LogP contribution in [-0.4, -0.2) is 27.0 Å². The van der Waals surface area contributed by atoms with Crippen LogP contribution in [0.1, 0.15) is 31.1 Å². The fourth-order valence-corrected chi connectivity index (χ4v) is 3.32. The Kier molecular flexibility index (Phi) is 3.72. The van der Waals surface area contributed by atoms with Gasteiger partial charge in [-0.15, -0.1) is 0 Å². The summed E-state index contributed by atoms with van der Waals surface area (Å²) < 4.78 is 5.06. The molecule has 0 bridgehead atoms. The van der Waals surface area contributed by atoms with Crippen molar-refractivity contribution in [2.75, 3.05) is 0 Å². The van der Waals surface area contributed by atoms with Crippen LogP contribution in [0.25, 0.3) is 10.8 Å². The molecular weight excluding hydrogens is 332 g/mol. The van der Waals surface area contributed by atoms with Crippen LogP contribution in [0.5, 0.6) is 0 Å². The summed E-state index contributed by atoms with van der Waals surface area (Å²) >= 11 is 0. The third-order valence-corrected chi connectivity index (χ3v) is 4.72. The quantitative estimate of drug-likeness (QED) is 0.731. The lowest BCUT2D eigenvalue weighted by Gasteiger charge is -2.23. The Labute approximate surface area is 150 Å². The van der Waals surface area contributed by atoms with E-state index in [0.717, 1.165) is 21.2 Å². The van der Waals surface area contributed by atoms with E-state index >= 15 is 0 Å². The van der Waals surface area contributed by atoms with Crippen molar-refractivity contribution in [3.63, 3.8) is 0 Å². The highest BCUT2D eigenvalue weighted by atomic mass is 16.5. The fourth-order valence-electron chi connectivity index (χ4n) is 3.32. The first-order valence-electron chi connectivity index (χ1n) is 8.46. The minimum Gasteiger partial charge on any atom is -0.339 e. The van der Waals surface area contributed by atoms with E-state index in [4.69, 9.17) is 4.52 Å². The third kappa shape index (κ3) is 2.44. The SMILES string of the molecule is CCc1nc(CN2C(=O)N[C@@](C)(c3cccc4ccccc34)C2=O)no1. The van der Waals surface area contributed by atoms with Gasteiger partial charge in [0.05, 0.1) is 6.54 Å². The molecule has 1 aromatic heterocycles. The van der Waals surface area contributed by atoms with Crippen molar-refractivity contribution in [2.24, 2.45) is 0 Å². The van der Waals surface area contributed by atoms with Gasteiger partial charge in [0.1, 0.15) is 5.54 Å². The molecule has 4 rings (SSSR count). The molecule has 7 nitrogen and oxygen atoms in total. The minimum absolute atomic E-state index is 0.0193. The number of nitrogens with one attached hydrogen (secondary N) is 1. The molecule has 0 aliphatic carbocycles. The molecule has 26 heavy (non-hydrogen) atoms. The van der Waals surface area contributed by atoms with E-state index in [-0.39, 0.29) is 12.5 Å². The second kappa shape index (κ2) is 5.94. The van der Waals surface area contributed by atoms with Crippen LogP contribution < -0.4 is 5.32 Å². The van der Waals surface area contributed by atoms with Gasteiger partial charge in [-0.2, -0.15) is 4.98 Å². The first-order valence-corrected chi connectivity index (χ1v) is 8.46. The van der Waals surface area contributed by atoms with Crippen molar-refractivity contribution in [1.29, 1.82) is 0 Å². The topological polar surface area (TPSA) is 88.3 Å². The summed E-state index contributed by atoms with van der Waals surface area (Å²) in [6.45, 7) is 3.60. The predicted octanol–water partition coefficient (Wildman–Crippen LogP) is 2.75. The van der Waals surface area contributed by atoms with Gasteiger partial charge in [0.15, 0.2) is 5.82 Å². The number of carbonyl (C=O) groups excluding carboxylic acids is 2. The van der Waals surface area contributed by atoms with Gasteiger partial charge in [-0.05, 0) is 23.3 Å². The maximum absolute atomic E-state index is 13.1. The van der Waals surface area contributed by atoms with E-state index < -0.39 is 11.6 Å². The van der Waals surface area contributed by atoms with Gasteiger partial charge in [0.2, 0.25) is 5.89 Å². The number of nitrogens with zero attached hydrogens (tertiary/aromatic N) is 3. The number of rotatable bonds is 4. The molecule has 7 heteroatoms. The lowest BCUT2D eigenvalue weighted by atomic mass is 9.88. The van der Waals surface area contributed by atoms with Crippen molar-refractivity contribution < 1.29 is 14.1 Å². The zero-order chi connectivity index (χ0) is 18.3. The Morgan fingerprint density at radius 3 is 2.69 bits per heavy atom. The normalized spacial score (nSPS) is 20.0. The van der Waals surface area contributed by atoms with Gasteiger partial charge in [-0.1, -0.05) is 54.5 Å². The highest BCUT2D eigenvalue weighted by Crippen LogP contribution is 2.34. The van der Waals surface area contributed by atoms with Crippen molar-refractivity contribution in [2.45, 2.75) is 32.4 Å². The molecule has 1 N–H and O–H groups in total. The van der Waals surface area contributed by atoms with Gasteiger partial charge in [0.25, 0.3) is 5.91 Å². The minimum atomic E-state index is -1.14. The largest absolute Gasteiger partial charge is 0.339 e. The molecule has 0 radical (unpaired) electrons. The molecule has 1 atom stereocenters. The number of hydrogen-bond acceptors (Lipinski definition) is 5. The Hall–Kier alpha value is -3.22. The molecule has 1 saturated heterocycles. The van der Waals surface area contributed by atoms with Crippen molar-refractivity contribution >= 4 is 22.7 Å². The van der Waals surface area contributed by atoms with Crippen molar-refractivity contribution in [3.8, 4) is 0 Å². The Bertz CT molecular complexity index is 1010. The molecule has 0 unspecified atom stereocenters. The second-order valence-electron chi connectivity index (χ2n) is 6.43. The van der Waals surface area contributed by atoms with E-state index in [1.165, 1.54) is 0 Å². The molecule has 2 heterocycles. The van der Waals surface area contributed by atoms with Gasteiger partial charge in [-0.25, -0.2) is 4.79 Å². The average molecular weight is 350 g/mol. The smallest absolute Gasteiger partial charge is 0.325 e. The maximum atomic E-state index is 13.1. The van der Waals surface area contributed by atoms with Crippen LogP contribution in [0, 0.1) is 0 Å². The molecule has 2 aromatic carbocycles. The first-order chi connectivity index (χ1) is 12.5. The molecule has 0 saturated carbocycles.